The minimum Gasteiger partial charge on any atom is -0.479 e. The zero-order chi connectivity index (χ0) is 12.2. The molecular formula is C7H10O8. The molecule has 0 aromatic carbocycles. The van der Waals surface area contributed by atoms with Crippen LogP contribution in [-0.2, 0) is 19.1 Å². The van der Waals surface area contributed by atoms with Crippen molar-refractivity contribution in [3.8, 4) is 0 Å². The molecule has 0 aromatic heterocycles. The van der Waals surface area contributed by atoms with Crippen LogP contribution in [0.5, 0.6) is 0 Å². The van der Waals surface area contributed by atoms with Gasteiger partial charge in [0.25, 0.3) is 0 Å². The SMILES string of the molecule is CC(O)C(=O)OC(C(=O)O)C(O)C(=O)O. The lowest BCUT2D eigenvalue weighted by atomic mass is 10.2. The Hall–Kier alpha value is -1.67. The first-order chi connectivity index (χ1) is 6.77. The minimum atomic E-state index is -2.38. The van der Waals surface area contributed by atoms with Crippen molar-refractivity contribution in [2.45, 2.75) is 25.2 Å². The quantitative estimate of drug-likeness (QED) is 0.384. The van der Waals surface area contributed by atoms with Crippen molar-refractivity contribution in [3.63, 3.8) is 0 Å². The lowest BCUT2D eigenvalue weighted by Crippen LogP contribution is -2.44. The van der Waals surface area contributed by atoms with Gasteiger partial charge in [0.05, 0.1) is 0 Å². The molecule has 0 aliphatic heterocycles. The molecule has 0 fully saturated rings. The summed E-state index contributed by atoms with van der Waals surface area (Å²) in [4.78, 5) is 31.4. The third-order valence-electron chi connectivity index (χ3n) is 1.37. The van der Waals surface area contributed by atoms with Crippen LogP contribution in [0.15, 0.2) is 0 Å². The van der Waals surface area contributed by atoms with Crippen LogP contribution in [0, 0.1) is 0 Å². The minimum absolute atomic E-state index is 1.01. The number of hydrogen-bond acceptors (Lipinski definition) is 6. The molecule has 3 atom stereocenters. The lowest BCUT2D eigenvalue weighted by molar-refractivity contribution is -0.182. The fraction of sp³-hybridized carbons (Fsp3) is 0.571. The van der Waals surface area contributed by atoms with E-state index in [4.69, 9.17) is 20.4 Å². The van der Waals surface area contributed by atoms with E-state index in [1.54, 1.807) is 0 Å². The number of hydrogen-bond donors (Lipinski definition) is 4. The van der Waals surface area contributed by atoms with Crippen LogP contribution in [-0.4, -0.2) is 56.6 Å². The number of esters is 1. The van der Waals surface area contributed by atoms with Gasteiger partial charge in [-0.1, -0.05) is 0 Å². The number of aliphatic hydroxyl groups excluding tert-OH is 2. The summed E-state index contributed by atoms with van der Waals surface area (Å²) in [5.41, 5.74) is 0. The van der Waals surface area contributed by atoms with Crippen LogP contribution in [0.25, 0.3) is 0 Å². The van der Waals surface area contributed by atoms with Gasteiger partial charge < -0.3 is 25.2 Å². The maximum Gasteiger partial charge on any atom is 0.348 e. The van der Waals surface area contributed by atoms with Crippen molar-refractivity contribution in [1.29, 1.82) is 0 Å². The molecular weight excluding hydrogens is 212 g/mol. The zero-order valence-electron chi connectivity index (χ0n) is 7.65. The van der Waals surface area contributed by atoms with Gasteiger partial charge in [-0.2, -0.15) is 0 Å². The van der Waals surface area contributed by atoms with Gasteiger partial charge in [-0.25, -0.2) is 14.4 Å². The molecule has 86 valence electrons. The van der Waals surface area contributed by atoms with E-state index in [-0.39, 0.29) is 0 Å². The normalized spacial score (nSPS) is 16.2. The Kier molecular flexibility index (Phi) is 4.68. The van der Waals surface area contributed by atoms with Gasteiger partial charge in [-0.15, -0.1) is 0 Å². The monoisotopic (exact) mass is 222 g/mol. The van der Waals surface area contributed by atoms with Crippen LogP contribution < -0.4 is 0 Å². The average molecular weight is 222 g/mol. The number of aliphatic hydroxyl groups is 2. The third kappa shape index (κ3) is 3.92. The van der Waals surface area contributed by atoms with E-state index >= 15 is 0 Å². The van der Waals surface area contributed by atoms with Crippen LogP contribution >= 0.6 is 0 Å². The molecule has 0 heterocycles. The summed E-state index contributed by atoms with van der Waals surface area (Å²) in [5, 5.41) is 34.3. The van der Waals surface area contributed by atoms with Crippen molar-refractivity contribution in [1.82, 2.24) is 0 Å². The Balaban J connectivity index is 4.62. The Morgan fingerprint density at radius 2 is 1.53 bits per heavy atom. The van der Waals surface area contributed by atoms with Crippen molar-refractivity contribution in [2.75, 3.05) is 0 Å². The van der Waals surface area contributed by atoms with Gasteiger partial charge >= 0.3 is 17.9 Å². The lowest BCUT2D eigenvalue weighted by Gasteiger charge is -2.16. The number of carbonyl (C=O) groups excluding carboxylic acids is 1. The topological polar surface area (TPSA) is 141 Å². The van der Waals surface area contributed by atoms with Crippen LogP contribution in [0.2, 0.25) is 0 Å². The first-order valence-electron chi connectivity index (χ1n) is 3.79. The second-order valence-electron chi connectivity index (χ2n) is 2.65. The number of ether oxygens (including phenoxy) is 1. The smallest absolute Gasteiger partial charge is 0.348 e. The standard InChI is InChI=1S/C7H10O8/c1-2(8)7(14)15-4(6(12)13)3(9)5(10)11/h2-4,8-9H,1H3,(H,10,11)(H,12,13). The molecule has 0 aliphatic carbocycles. The molecule has 0 bridgehead atoms. The highest BCUT2D eigenvalue weighted by Gasteiger charge is 2.36. The highest BCUT2D eigenvalue weighted by molar-refractivity contribution is 5.86. The van der Waals surface area contributed by atoms with Crippen LogP contribution in [0.4, 0.5) is 0 Å². The molecule has 0 amide bonds. The summed E-state index contributed by atoms with van der Waals surface area (Å²) in [5.74, 6) is -5.00. The number of carboxylic acid groups (broad SMARTS) is 2. The van der Waals surface area contributed by atoms with Crippen LogP contribution in [0.3, 0.4) is 0 Å². The van der Waals surface area contributed by atoms with E-state index in [1.807, 2.05) is 0 Å². The van der Waals surface area contributed by atoms with E-state index in [2.05, 4.69) is 4.74 Å². The number of aliphatic carboxylic acids is 2. The summed E-state index contributed by atoms with van der Waals surface area (Å²) >= 11 is 0. The predicted octanol–water partition coefficient (Wildman–Crippen LogP) is -2.19. The van der Waals surface area contributed by atoms with Crippen molar-refractivity contribution < 1.29 is 39.5 Å². The average Bonchev–Trinajstić information content (AvgIpc) is 2.11. The van der Waals surface area contributed by atoms with E-state index in [0.29, 0.717) is 0 Å². The summed E-state index contributed by atoms with van der Waals surface area (Å²) in [6.45, 7) is 1.01. The predicted molar refractivity (Wildman–Crippen MR) is 42.8 cm³/mol. The van der Waals surface area contributed by atoms with Crippen molar-refractivity contribution >= 4 is 17.9 Å². The summed E-state index contributed by atoms with van der Waals surface area (Å²) in [6.07, 6.45) is -6.23. The highest BCUT2D eigenvalue weighted by atomic mass is 16.6. The van der Waals surface area contributed by atoms with Gasteiger partial charge in [0.15, 0.2) is 6.10 Å². The zero-order valence-corrected chi connectivity index (χ0v) is 7.65. The van der Waals surface area contributed by atoms with Crippen LogP contribution in [0.1, 0.15) is 6.92 Å². The highest BCUT2D eigenvalue weighted by Crippen LogP contribution is 2.03. The Morgan fingerprint density at radius 1 is 1.07 bits per heavy atom. The Labute approximate surface area is 83.7 Å². The molecule has 4 N–H and O–H groups in total. The van der Waals surface area contributed by atoms with Gasteiger partial charge in [0, 0.05) is 0 Å². The molecule has 0 saturated heterocycles. The number of carboxylic acids is 2. The van der Waals surface area contributed by atoms with Gasteiger partial charge in [-0.3, -0.25) is 0 Å². The molecule has 0 spiro atoms. The largest absolute Gasteiger partial charge is 0.479 e. The fourth-order valence-corrected chi connectivity index (χ4v) is 0.603. The Bertz CT molecular complexity index is 270. The molecule has 0 radical (unpaired) electrons. The first kappa shape index (κ1) is 13.3. The second kappa shape index (κ2) is 5.27. The Morgan fingerprint density at radius 3 is 1.80 bits per heavy atom. The van der Waals surface area contributed by atoms with E-state index in [9.17, 15) is 14.4 Å². The maximum absolute atomic E-state index is 10.7. The number of rotatable bonds is 5. The molecule has 8 heteroatoms. The van der Waals surface area contributed by atoms with E-state index in [1.165, 1.54) is 0 Å². The summed E-state index contributed by atoms with van der Waals surface area (Å²) in [6, 6.07) is 0. The molecule has 0 aromatic rings. The molecule has 0 rings (SSSR count). The first-order valence-corrected chi connectivity index (χ1v) is 3.79. The van der Waals surface area contributed by atoms with Gasteiger partial charge in [-0.05, 0) is 6.92 Å². The molecule has 0 saturated carbocycles. The number of carbonyl (C=O) groups is 3. The van der Waals surface area contributed by atoms with E-state index in [0.717, 1.165) is 6.92 Å². The maximum atomic E-state index is 10.7. The van der Waals surface area contributed by atoms with Gasteiger partial charge in [0.1, 0.15) is 6.10 Å². The van der Waals surface area contributed by atoms with E-state index < -0.39 is 36.2 Å². The fourth-order valence-electron chi connectivity index (χ4n) is 0.603. The molecule has 15 heavy (non-hydrogen) atoms. The summed E-state index contributed by atoms with van der Waals surface area (Å²) < 4.78 is 4.08. The molecule has 8 nitrogen and oxygen atoms in total. The molecule has 0 aliphatic rings. The molecule has 3 unspecified atom stereocenters. The van der Waals surface area contributed by atoms with Crippen molar-refractivity contribution in [3.05, 3.63) is 0 Å². The van der Waals surface area contributed by atoms with Gasteiger partial charge in [0.2, 0.25) is 6.10 Å². The van der Waals surface area contributed by atoms with Crippen molar-refractivity contribution in [2.24, 2.45) is 0 Å². The second-order valence-corrected chi connectivity index (χ2v) is 2.65. The third-order valence-corrected chi connectivity index (χ3v) is 1.37. The summed E-state index contributed by atoms with van der Waals surface area (Å²) in [7, 11) is 0.